The van der Waals surface area contributed by atoms with Gasteiger partial charge in [0.25, 0.3) is 0 Å². The second-order valence-electron chi connectivity index (χ2n) is 4.31. The Morgan fingerprint density at radius 1 is 1.60 bits per heavy atom. The Kier molecular flexibility index (Phi) is 3.72. The first-order valence-electron chi connectivity index (χ1n) is 5.60. The molecule has 3 nitrogen and oxygen atoms in total. The monoisotopic (exact) mass is 228 g/mol. The lowest BCUT2D eigenvalue weighted by molar-refractivity contribution is 0.0837. The van der Waals surface area contributed by atoms with Crippen molar-refractivity contribution in [2.24, 2.45) is 5.73 Å². The van der Waals surface area contributed by atoms with Crippen LogP contribution in [0.25, 0.3) is 0 Å². The van der Waals surface area contributed by atoms with Crippen molar-refractivity contribution in [3.8, 4) is 0 Å². The summed E-state index contributed by atoms with van der Waals surface area (Å²) in [6.45, 7) is 8.00. The molecule has 2 aliphatic heterocycles. The molecule has 3 unspecified atom stereocenters. The molecule has 0 aromatic rings. The Balaban J connectivity index is 2.25. The van der Waals surface area contributed by atoms with E-state index < -0.39 is 0 Å². The zero-order valence-electron chi connectivity index (χ0n) is 9.53. The minimum Gasteiger partial charge on any atom is -0.371 e. The highest BCUT2D eigenvalue weighted by Crippen LogP contribution is 2.30. The number of nitrogens with zero attached hydrogens (tertiary/aromatic N) is 1. The Hall–Kier alpha value is -0.0300. The number of thioether (sulfide) groups is 1. The summed E-state index contributed by atoms with van der Waals surface area (Å²) in [7, 11) is 0. The van der Waals surface area contributed by atoms with Crippen molar-refractivity contribution < 1.29 is 4.74 Å². The highest BCUT2D eigenvalue weighted by Gasteiger charge is 2.28. The van der Waals surface area contributed by atoms with E-state index in [4.69, 9.17) is 10.5 Å². The molecule has 0 aliphatic carbocycles. The molecule has 2 bridgehead atoms. The second-order valence-corrected chi connectivity index (χ2v) is 5.54. The van der Waals surface area contributed by atoms with Crippen LogP contribution in [0.1, 0.15) is 13.8 Å². The van der Waals surface area contributed by atoms with Crippen LogP contribution >= 0.6 is 11.8 Å². The molecule has 2 rings (SSSR count). The van der Waals surface area contributed by atoms with Crippen molar-refractivity contribution in [3.05, 3.63) is 10.5 Å². The quantitative estimate of drug-likeness (QED) is 0.728. The maximum atomic E-state index is 5.80. The van der Waals surface area contributed by atoms with Gasteiger partial charge in [-0.2, -0.15) is 0 Å². The van der Waals surface area contributed by atoms with Gasteiger partial charge in [-0.25, -0.2) is 0 Å². The topological polar surface area (TPSA) is 38.5 Å². The summed E-state index contributed by atoms with van der Waals surface area (Å²) in [6, 6.07) is 0.641. The van der Waals surface area contributed by atoms with Gasteiger partial charge in [-0.1, -0.05) is 0 Å². The van der Waals surface area contributed by atoms with Crippen LogP contribution in [0.5, 0.6) is 0 Å². The number of fused-ring (bicyclic) bond motifs is 2. The number of nitrogens with two attached hydrogens (primary N) is 1. The number of allylic oxidation sites excluding steroid dienone is 1. The van der Waals surface area contributed by atoms with Crippen LogP contribution in [0.2, 0.25) is 0 Å². The average molecular weight is 228 g/mol. The average Bonchev–Trinajstić information content (AvgIpc) is 2.53. The maximum Gasteiger partial charge on any atom is 0.0930 e. The molecule has 0 amide bonds. The van der Waals surface area contributed by atoms with Crippen LogP contribution in [-0.4, -0.2) is 49.0 Å². The molecule has 0 radical (unpaired) electrons. The summed E-state index contributed by atoms with van der Waals surface area (Å²) >= 11 is 1.95. The van der Waals surface area contributed by atoms with E-state index in [1.807, 2.05) is 11.8 Å². The molecule has 3 atom stereocenters. The summed E-state index contributed by atoms with van der Waals surface area (Å²) in [5, 5.41) is 0. The predicted octanol–water partition coefficient (Wildman–Crippen LogP) is 1.06. The minimum atomic E-state index is 0.146. The van der Waals surface area contributed by atoms with E-state index in [9.17, 15) is 0 Å². The number of hydrogen-bond donors (Lipinski definition) is 1. The fraction of sp³-hybridized carbons (Fsp3) is 0.818. The Bertz CT molecular complexity index is 267. The summed E-state index contributed by atoms with van der Waals surface area (Å²) in [6.07, 6.45) is 0.146. The van der Waals surface area contributed by atoms with Gasteiger partial charge in [0.15, 0.2) is 0 Å². The van der Waals surface area contributed by atoms with Crippen LogP contribution in [0.4, 0.5) is 0 Å². The first-order valence-corrected chi connectivity index (χ1v) is 6.59. The third-order valence-corrected chi connectivity index (χ3v) is 4.63. The molecular weight excluding hydrogens is 208 g/mol. The lowest BCUT2D eigenvalue weighted by Crippen LogP contribution is -2.36. The largest absolute Gasteiger partial charge is 0.371 e. The van der Waals surface area contributed by atoms with Crippen molar-refractivity contribution in [2.75, 3.05) is 32.0 Å². The standard InChI is InChI=1S/C11H20N2OS/c1-8-7-15-9(2)10-6-13(8)3-4-14-11(10)5-12/h8,11H,3-7,12H2,1-2H3. The fourth-order valence-electron chi connectivity index (χ4n) is 2.18. The summed E-state index contributed by atoms with van der Waals surface area (Å²) in [5.41, 5.74) is 7.18. The van der Waals surface area contributed by atoms with Crippen molar-refractivity contribution >= 4 is 11.8 Å². The zero-order valence-corrected chi connectivity index (χ0v) is 10.3. The van der Waals surface area contributed by atoms with Crippen molar-refractivity contribution in [1.82, 2.24) is 4.90 Å². The molecule has 4 heteroatoms. The molecule has 2 N–H and O–H groups in total. The molecule has 0 aromatic carbocycles. The van der Waals surface area contributed by atoms with Crippen LogP contribution in [0, 0.1) is 0 Å². The zero-order chi connectivity index (χ0) is 10.8. The summed E-state index contributed by atoms with van der Waals surface area (Å²) in [4.78, 5) is 3.93. The molecule has 2 aliphatic rings. The minimum absolute atomic E-state index is 0.146. The second kappa shape index (κ2) is 4.87. The predicted molar refractivity (Wildman–Crippen MR) is 65.0 cm³/mol. The number of hydrogen-bond acceptors (Lipinski definition) is 4. The van der Waals surface area contributed by atoms with Gasteiger partial charge in [0.1, 0.15) is 0 Å². The molecule has 2 heterocycles. The van der Waals surface area contributed by atoms with E-state index in [-0.39, 0.29) is 6.10 Å². The van der Waals surface area contributed by atoms with Gasteiger partial charge < -0.3 is 10.5 Å². The van der Waals surface area contributed by atoms with E-state index in [0.717, 1.165) is 19.7 Å². The SMILES string of the molecule is CC1=C2CN(CCOC2CN)C(C)CS1. The third-order valence-electron chi connectivity index (χ3n) is 3.29. The van der Waals surface area contributed by atoms with Crippen LogP contribution in [0.3, 0.4) is 0 Å². The van der Waals surface area contributed by atoms with Gasteiger partial charge in [0.05, 0.1) is 12.7 Å². The van der Waals surface area contributed by atoms with E-state index in [1.165, 1.54) is 16.2 Å². The first kappa shape index (κ1) is 11.5. The molecule has 1 fully saturated rings. The lowest BCUT2D eigenvalue weighted by Gasteiger charge is -2.24. The molecule has 0 aromatic heterocycles. The first-order chi connectivity index (χ1) is 7.22. The summed E-state index contributed by atoms with van der Waals surface area (Å²) < 4.78 is 5.80. The highest BCUT2D eigenvalue weighted by molar-refractivity contribution is 8.03. The Morgan fingerprint density at radius 3 is 3.13 bits per heavy atom. The van der Waals surface area contributed by atoms with Crippen molar-refractivity contribution in [2.45, 2.75) is 26.0 Å². The van der Waals surface area contributed by atoms with Crippen LogP contribution in [0.15, 0.2) is 10.5 Å². The molecule has 86 valence electrons. The van der Waals surface area contributed by atoms with Gasteiger partial charge in [0.2, 0.25) is 0 Å². The third kappa shape index (κ3) is 2.38. The van der Waals surface area contributed by atoms with E-state index in [0.29, 0.717) is 12.6 Å². The number of ether oxygens (including phenoxy) is 1. The van der Waals surface area contributed by atoms with Crippen molar-refractivity contribution in [1.29, 1.82) is 0 Å². The van der Waals surface area contributed by atoms with Crippen LogP contribution in [-0.2, 0) is 4.74 Å². The Labute approximate surface area is 96.0 Å². The summed E-state index contributed by atoms with van der Waals surface area (Å²) in [5.74, 6) is 1.19. The normalized spacial score (nSPS) is 37.4. The van der Waals surface area contributed by atoms with E-state index in [2.05, 4.69) is 18.7 Å². The van der Waals surface area contributed by atoms with Gasteiger partial charge in [-0.3, -0.25) is 4.90 Å². The molecule has 1 saturated heterocycles. The van der Waals surface area contributed by atoms with E-state index in [1.54, 1.807) is 0 Å². The lowest BCUT2D eigenvalue weighted by atomic mass is 10.1. The number of rotatable bonds is 1. The van der Waals surface area contributed by atoms with E-state index >= 15 is 0 Å². The highest BCUT2D eigenvalue weighted by atomic mass is 32.2. The molecule has 15 heavy (non-hydrogen) atoms. The van der Waals surface area contributed by atoms with Gasteiger partial charge >= 0.3 is 0 Å². The maximum absolute atomic E-state index is 5.80. The molecular formula is C11H20N2OS. The molecule has 0 saturated carbocycles. The van der Waals surface area contributed by atoms with Crippen molar-refractivity contribution in [3.63, 3.8) is 0 Å². The van der Waals surface area contributed by atoms with Gasteiger partial charge in [-0.15, -0.1) is 11.8 Å². The smallest absolute Gasteiger partial charge is 0.0930 e. The molecule has 0 spiro atoms. The Morgan fingerprint density at radius 2 is 2.40 bits per heavy atom. The van der Waals surface area contributed by atoms with Gasteiger partial charge in [0, 0.05) is 31.4 Å². The van der Waals surface area contributed by atoms with Gasteiger partial charge in [-0.05, 0) is 24.3 Å². The van der Waals surface area contributed by atoms with Crippen LogP contribution < -0.4 is 5.73 Å². The fourth-order valence-corrected chi connectivity index (χ4v) is 3.26.